The number of carbonyl (C=O) groups excluding carboxylic acids is 1. The van der Waals surface area contributed by atoms with E-state index in [1.54, 1.807) is 0 Å². The molecule has 0 aliphatic carbocycles. The van der Waals surface area contributed by atoms with Gasteiger partial charge in [-0.05, 0) is 60.9 Å². The van der Waals surface area contributed by atoms with Crippen molar-refractivity contribution in [1.82, 2.24) is 5.32 Å². The van der Waals surface area contributed by atoms with Gasteiger partial charge in [0.25, 0.3) is 0 Å². The summed E-state index contributed by atoms with van der Waals surface area (Å²) in [7, 11) is 0. The molecule has 3 rings (SSSR count). The van der Waals surface area contributed by atoms with Gasteiger partial charge in [-0.25, -0.2) is 9.59 Å². The molecule has 0 saturated heterocycles. The molecule has 12 heteroatoms. The van der Waals surface area contributed by atoms with Crippen molar-refractivity contribution in [3.63, 3.8) is 0 Å². The molecule has 0 aliphatic heterocycles. The maximum atomic E-state index is 12.2. The minimum atomic E-state index is -5.08. The van der Waals surface area contributed by atoms with E-state index in [-0.39, 0.29) is 25.3 Å². The first kappa shape index (κ1) is 32.1. The molecular formula is C28H32F3N3O6. The van der Waals surface area contributed by atoms with E-state index in [4.69, 9.17) is 14.6 Å². The number of para-hydroxylation sites is 1. The molecule has 9 nitrogen and oxygen atoms in total. The molecule has 2 atom stereocenters. The zero-order valence-electron chi connectivity index (χ0n) is 21.7. The summed E-state index contributed by atoms with van der Waals surface area (Å²) in [4.78, 5) is 21.1. The lowest BCUT2D eigenvalue weighted by atomic mass is 10.1. The fourth-order valence-electron chi connectivity index (χ4n) is 3.30. The molecule has 0 saturated carbocycles. The molecule has 3 aromatic carbocycles. The topological polar surface area (TPSA) is 140 Å². The Kier molecular flexibility index (Phi) is 12.9. The van der Waals surface area contributed by atoms with Crippen molar-refractivity contribution in [2.45, 2.75) is 31.7 Å². The zero-order chi connectivity index (χ0) is 29.5. The van der Waals surface area contributed by atoms with Crippen molar-refractivity contribution < 1.29 is 42.8 Å². The number of aliphatic hydroxyl groups excluding tert-OH is 2. The number of aliphatic hydroxyl groups is 2. The molecule has 0 heterocycles. The number of carbonyl (C=O) groups is 2. The number of hydrogen-bond donors (Lipinski definition) is 6. The van der Waals surface area contributed by atoms with Gasteiger partial charge in [-0.1, -0.05) is 42.5 Å². The highest BCUT2D eigenvalue weighted by atomic mass is 19.4. The van der Waals surface area contributed by atoms with Crippen LogP contribution >= 0.6 is 0 Å². The van der Waals surface area contributed by atoms with E-state index in [0.717, 1.165) is 16.8 Å². The van der Waals surface area contributed by atoms with Gasteiger partial charge >= 0.3 is 18.2 Å². The zero-order valence-corrected chi connectivity index (χ0v) is 21.7. The summed E-state index contributed by atoms with van der Waals surface area (Å²) < 4.78 is 37.3. The summed E-state index contributed by atoms with van der Waals surface area (Å²) >= 11 is 0. The number of halogens is 3. The van der Waals surface area contributed by atoms with E-state index >= 15 is 0 Å². The van der Waals surface area contributed by atoms with Crippen LogP contribution in [0.4, 0.5) is 29.3 Å². The van der Waals surface area contributed by atoms with Crippen LogP contribution in [0.1, 0.15) is 11.1 Å². The predicted octanol–water partition coefficient (Wildman–Crippen LogP) is 4.21. The molecule has 0 radical (unpaired) electrons. The number of aliphatic carboxylic acids is 1. The van der Waals surface area contributed by atoms with Gasteiger partial charge in [-0.15, -0.1) is 0 Å². The number of hydrogen-bond acceptors (Lipinski definition) is 6. The third-order valence-electron chi connectivity index (χ3n) is 5.26. The molecule has 0 aromatic heterocycles. The van der Waals surface area contributed by atoms with E-state index < -0.39 is 18.2 Å². The normalized spacial score (nSPS) is 12.3. The molecule has 0 fully saturated rings. The monoisotopic (exact) mass is 563 g/mol. The maximum absolute atomic E-state index is 12.2. The van der Waals surface area contributed by atoms with Gasteiger partial charge in [-0.2, -0.15) is 13.2 Å². The number of amides is 2. The highest BCUT2D eigenvalue weighted by molar-refractivity contribution is 5.99. The number of anilines is 2. The number of urea groups is 1. The van der Waals surface area contributed by atoms with Gasteiger partial charge in [0, 0.05) is 24.0 Å². The van der Waals surface area contributed by atoms with Crippen molar-refractivity contribution in [3.05, 3.63) is 90.0 Å². The fraction of sp³-hybridized carbons (Fsp3) is 0.286. The quantitative estimate of drug-likeness (QED) is 0.205. The summed E-state index contributed by atoms with van der Waals surface area (Å²) in [6.07, 6.45) is -5.20. The smallest absolute Gasteiger partial charge is 0.490 e. The molecule has 216 valence electrons. The molecular weight excluding hydrogens is 531 g/mol. The number of benzene rings is 3. The van der Waals surface area contributed by atoms with E-state index in [0.29, 0.717) is 24.4 Å². The summed E-state index contributed by atoms with van der Waals surface area (Å²) in [5.74, 6) is -2.05. The Morgan fingerprint density at radius 2 is 1.55 bits per heavy atom. The second-order valence-electron chi connectivity index (χ2n) is 8.72. The molecule has 40 heavy (non-hydrogen) atoms. The Labute approximate surface area is 229 Å². The van der Waals surface area contributed by atoms with Gasteiger partial charge in [0.2, 0.25) is 0 Å². The number of carboxylic acid groups (broad SMARTS) is 1. The van der Waals surface area contributed by atoms with Crippen LogP contribution in [0.5, 0.6) is 5.75 Å². The van der Waals surface area contributed by atoms with Gasteiger partial charge in [-0.3, -0.25) is 0 Å². The van der Waals surface area contributed by atoms with Gasteiger partial charge < -0.3 is 36.0 Å². The second kappa shape index (κ2) is 16.1. The first-order chi connectivity index (χ1) is 19.0. The van der Waals surface area contributed by atoms with E-state index in [2.05, 4.69) is 16.0 Å². The third-order valence-corrected chi connectivity index (χ3v) is 5.26. The lowest BCUT2D eigenvalue weighted by Crippen LogP contribution is -2.41. The van der Waals surface area contributed by atoms with Crippen LogP contribution in [-0.4, -0.2) is 65.4 Å². The third kappa shape index (κ3) is 12.6. The van der Waals surface area contributed by atoms with Gasteiger partial charge in [0.1, 0.15) is 18.5 Å². The van der Waals surface area contributed by atoms with Crippen molar-refractivity contribution in [2.75, 3.05) is 30.4 Å². The van der Waals surface area contributed by atoms with Crippen LogP contribution in [0.25, 0.3) is 0 Å². The summed E-state index contributed by atoms with van der Waals surface area (Å²) in [5.41, 5.74) is 3.48. The molecule has 0 bridgehead atoms. The molecule has 6 N–H and O–H groups in total. The van der Waals surface area contributed by atoms with Crippen LogP contribution in [0.2, 0.25) is 0 Å². The highest BCUT2D eigenvalue weighted by Gasteiger charge is 2.38. The molecule has 2 amide bonds. The Balaban J connectivity index is 0.000000708. The molecule has 0 unspecified atom stereocenters. The first-order valence-corrected chi connectivity index (χ1v) is 12.2. The minimum Gasteiger partial charge on any atom is -0.491 e. The fourth-order valence-corrected chi connectivity index (χ4v) is 3.30. The van der Waals surface area contributed by atoms with Crippen LogP contribution in [0.3, 0.4) is 0 Å². The van der Waals surface area contributed by atoms with Crippen LogP contribution in [-0.2, 0) is 11.2 Å². The van der Waals surface area contributed by atoms with Crippen molar-refractivity contribution >= 4 is 23.4 Å². The Hall–Kier alpha value is -4.13. The molecule has 0 spiro atoms. The number of aryl methyl sites for hydroxylation is 1. The number of nitrogens with one attached hydrogen (secondary N) is 3. The maximum Gasteiger partial charge on any atom is 0.490 e. The number of ether oxygens (including phenoxy) is 1. The Bertz CT molecular complexity index is 1190. The Morgan fingerprint density at radius 3 is 2.12 bits per heavy atom. The number of carboxylic acids is 1. The largest absolute Gasteiger partial charge is 0.491 e. The van der Waals surface area contributed by atoms with Crippen LogP contribution < -0.4 is 20.7 Å². The SMILES string of the molecule is Cc1cccc(NC(=O)Nc2ccc(C[C@@H](CO)NC[C@H](O)COc3ccccc3)cc2)c1.O=C(O)C(F)(F)F. The first-order valence-electron chi connectivity index (χ1n) is 12.2. The van der Waals surface area contributed by atoms with Crippen molar-refractivity contribution in [1.29, 1.82) is 0 Å². The lowest BCUT2D eigenvalue weighted by Gasteiger charge is -2.19. The predicted molar refractivity (Wildman–Crippen MR) is 144 cm³/mol. The highest BCUT2D eigenvalue weighted by Crippen LogP contribution is 2.15. The van der Waals surface area contributed by atoms with Crippen molar-refractivity contribution in [2.24, 2.45) is 0 Å². The standard InChI is InChI=1S/C26H31N3O4.C2HF3O2/c1-19-6-5-7-22(14-19)29-26(32)28-21-12-10-20(11-13-21)15-23(17-30)27-16-24(31)18-33-25-8-3-2-4-9-25;3-2(4,5)1(6)7/h2-14,23-24,27,30-31H,15-18H2,1H3,(H2,28,29,32);(H,6,7)/t23-,24-;/m0./s1. The summed E-state index contributed by atoms with van der Waals surface area (Å²) in [6.45, 7) is 2.37. The Morgan fingerprint density at radius 1 is 0.925 bits per heavy atom. The van der Waals surface area contributed by atoms with Gasteiger partial charge in [0.05, 0.1) is 6.61 Å². The molecule has 0 aliphatic rings. The van der Waals surface area contributed by atoms with Crippen LogP contribution in [0.15, 0.2) is 78.9 Å². The van der Waals surface area contributed by atoms with E-state index in [9.17, 15) is 28.2 Å². The minimum absolute atomic E-state index is 0.0643. The lowest BCUT2D eigenvalue weighted by molar-refractivity contribution is -0.192. The average Bonchev–Trinajstić information content (AvgIpc) is 2.91. The molecule has 3 aromatic rings. The van der Waals surface area contributed by atoms with E-state index in [1.165, 1.54) is 0 Å². The van der Waals surface area contributed by atoms with Crippen molar-refractivity contribution in [3.8, 4) is 5.75 Å². The summed E-state index contributed by atoms with van der Waals surface area (Å²) in [5, 5.41) is 35.8. The van der Waals surface area contributed by atoms with Crippen LogP contribution in [0, 0.1) is 6.92 Å². The number of alkyl halides is 3. The van der Waals surface area contributed by atoms with Gasteiger partial charge in [0.15, 0.2) is 0 Å². The average molecular weight is 564 g/mol. The van der Waals surface area contributed by atoms with E-state index in [1.807, 2.05) is 85.8 Å². The second-order valence-corrected chi connectivity index (χ2v) is 8.72. The number of rotatable bonds is 11. The summed E-state index contributed by atoms with van der Waals surface area (Å²) in [6, 6.07) is 23.8.